The van der Waals surface area contributed by atoms with Gasteiger partial charge in [0.15, 0.2) is 0 Å². The SMILES string of the molecule is CC(C)CNCc1cn[nH]c1-c1cccc(C#N)c1. The lowest BCUT2D eigenvalue weighted by atomic mass is 10.1. The lowest BCUT2D eigenvalue weighted by molar-refractivity contribution is 0.553. The zero-order chi connectivity index (χ0) is 13.7. The summed E-state index contributed by atoms with van der Waals surface area (Å²) in [7, 11) is 0. The topological polar surface area (TPSA) is 64.5 Å². The van der Waals surface area contributed by atoms with Gasteiger partial charge >= 0.3 is 0 Å². The summed E-state index contributed by atoms with van der Waals surface area (Å²) in [5.74, 6) is 0.622. The minimum Gasteiger partial charge on any atom is -0.312 e. The molecule has 4 heteroatoms. The van der Waals surface area contributed by atoms with E-state index in [9.17, 15) is 0 Å². The fourth-order valence-corrected chi connectivity index (χ4v) is 1.93. The Balaban J connectivity index is 2.16. The van der Waals surface area contributed by atoms with E-state index in [1.807, 2.05) is 24.4 Å². The minimum atomic E-state index is 0.622. The first-order valence-electron chi connectivity index (χ1n) is 6.44. The highest BCUT2D eigenvalue weighted by molar-refractivity contribution is 5.64. The van der Waals surface area contributed by atoms with Gasteiger partial charge in [-0.1, -0.05) is 26.0 Å². The van der Waals surface area contributed by atoms with Gasteiger partial charge in [0.25, 0.3) is 0 Å². The molecule has 4 nitrogen and oxygen atoms in total. The quantitative estimate of drug-likeness (QED) is 0.862. The van der Waals surface area contributed by atoms with Gasteiger partial charge in [-0.25, -0.2) is 0 Å². The maximum atomic E-state index is 8.94. The number of hydrogen-bond acceptors (Lipinski definition) is 3. The van der Waals surface area contributed by atoms with Crippen LogP contribution in [0.5, 0.6) is 0 Å². The molecule has 0 unspecified atom stereocenters. The molecule has 1 aromatic carbocycles. The van der Waals surface area contributed by atoms with E-state index in [1.165, 1.54) is 0 Å². The number of nitriles is 1. The number of nitrogens with one attached hydrogen (secondary N) is 2. The molecule has 0 bridgehead atoms. The van der Waals surface area contributed by atoms with E-state index in [2.05, 4.69) is 35.4 Å². The average molecular weight is 254 g/mol. The highest BCUT2D eigenvalue weighted by Crippen LogP contribution is 2.21. The predicted molar refractivity (Wildman–Crippen MR) is 75.3 cm³/mol. The number of aromatic nitrogens is 2. The van der Waals surface area contributed by atoms with Crippen LogP contribution < -0.4 is 5.32 Å². The number of H-pyrrole nitrogens is 1. The summed E-state index contributed by atoms with van der Waals surface area (Å²) in [6.07, 6.45) is 1.84. The Morgan fingerprint density at radius 2 is 2.26 bits per heavy atom. The summed E-state index contributed by atoms with van der Waals surface area (Å²) in [5, 5.41) is 19.5. The molecular formula is C15H18N4. The van der Waals surface area contributed by atoms with Crippen molar-refractivity contribution >= 4 is 0 Å². The van der Waals surface area contributed by atoms with Crippen molar-refractivity contribution in [3.63, 3.8) is 0 Å². The molecule has 0 amide bonds. The summed E-state index contributed by atoms with van der Waals surface area (Å²) >= 11 is 0. The van der Waals surface area contributed by atoms with Gasteiger partial charge in [-0.2, -0.15) is 10.4 Å². The smallest absolute Gasteiger partial charge is 0.0991 e. The first-order valence-corrected chi connectivity index (χ1v) is 6.44. The summed E-state index contributed by atoms with van der Waals surface area (Å²) in [6.45, 7) is 6.11. The van der Waals surface area contributed by atoms with E-state index in [0.29, 0.717) is 11.5 Å². The van der Waals surface area contributed by atoms with Gasteiger partial charge in [-0.05, 0) is 24.6 Å². The zero-order valence-electron chi connectivity index (χ0n) is 11.3. The molecule has 0 saturated carbocycles. The van der Waals surface area contributed by atoms with Crippen molar-refractivity contribution in [1.82, 2.24) is 15.5 Å². The van der Waals surface area contributed by atoms with E-state index in [-0.39, 0.29) is 0 Å². The lowest BCUT2D eigenvalue weighted by Gasteiger charge is -2.08. The third-order valence-electron chi connectivity index (χ3n) is 2.87. The van der Waals surface area contributed by atoms with Crippen LogP contribution in [-0.2, 0) is 6.54 Å². The van der Waals surface area contributed by atoms with Crippen molar-refractivity contribution in [2.75, 3.05) is 6.54 Å². The molecular weight excluding hydrogens is 236 g/mol. The molecule has 1 aromatic heterocycles. The monoisotopic (exact) mass is 254 g/mol. The van der Waals surface area contributed by atoms with Crippen LogP contribution in [0.2, 0.25) is 0 Å². The Kier molecular flexibility index (Phi) is 4.32. The van der Waals surface area contributed by atoms with Crippen LogP contribution in [0.3, 0.4) is 0 Å². The molecule has 0 atom stereocenters. The number of hydrogen-bond donors (Lipinski definition) is 2. The minimum absolute atomic E-state index is 0.622. The summed E-state index contributed by atoms with van der Waals surface area (Å²) in [6, 6.07) is 9.71. The lowest BCUT2D eigenvalue weighted by Crippen LogP contribution is -2.19. The maximum Gasteiger partial charge on any atom is 0.0991 e. The van der Waals surface area contributed by atoms with E-state index in [4.69, 9.17) is 5.26 Å². The highest BCUT2D eigenvalue weighted by atomic mass is 15.1. The third kappa shape index (κ3) is 3.43. The number of rotatable bonds is 5. The van der Waals surface area contributed by atoms with Gasteiger partial charge in [0, 0.05) is 17.7 Å². The first kappa shape index (κ1) is 13.3. The second-order valence-corrected chi connectivity index (χ2v) is 4.99. The standard InChI is InChI=1S/C15H18N4/c1-11(2)8-17-9-14-10-18-19-15(14)13-5-3-4-12(6-13)7-16/h3-6,10-11,17H,8-9H2,1-2H3,(H,18,19). The molecule has 1 heterocycles. The zero-order valence-corrected chi connectivity index (χ0v) is 11.3. The van der Waals surface area contributed by atoms with Crippen molar-refractivity contribution in [2.45, 2.75) is 20.4 Å². The van der Waals surface area contributed by atoms with Crippen molar-refractivity contribution in [3.8, 4) is 17.3 Å². The molecule has 0 spiro atoms. The first-order chi connectivity index (χ1) is 9.20. The fourth-order valence-electron chi connectivity index (χ4n) is 1.93. The molecule has 0 saturated heterocycles. The maximum absolute atomic E-state index is 8.94. The van der Waals surface area contributed by atoms with Crippen LogP contribution in [0.1, 0.15) is 25.0 Å². The Morgan fingerprint density at radius 1 is 1.42 bits per heavy atom. The van der Waals surface area contributed by atoms with Crippen LogP contribution in [0.25, 0.3) is 11.3 Å². The van der Waals surface area contributed by atoms with E-state index in [0.717, 1.165) is 29.9 Å². The van der Waals surface area contributed by atoms with Crippen LogP contribution in [-0.4, -0.2) is 16.7 Å². The summed E-state index contributed by atoms with van der Waals surface area (Å²) < 4.78 is 0. The van der Waals surface area contributed by atoms with Gasteiger partial charge in [0.1, 0.15) is 0 Å². The number of nitrogens with zero attached hydrogens (tertiary/aromatic N) is 2. The Bertz CT molecular complexity index is 578. The van der Waals surface area contributed by atoms with E-state index in [1.54, 1.807) is 6.07 Å². The molecule has 0 fully saturated rings. The van der Waals surface area contributed by atoms with Crippen molar-refractivity contribution in [3.05, 3.63) is 41.6 Å². The summed E-state index contributed by atoms with van der Waals surface area (Å²) in [5.41, 5.74) is 3.76. The molecule has 0 radical (unpaired) electrons. The Labute approximate surface area is 113 Å². The van der Waals surface area contributed by atoms with Gasteiger partial charge < -0.3 is 5.32 Å². The average Bonchev–Trinajstić information content (AvgIpc) is 2.87. The van der Waals surface area contributed by atoms with Crippen molar-refractivity contribution in [1.29, 1.82) is 5.26 Å². The number of aromatic amines is 1. The van der Waals surface area contributed by atoms with Gasteiger partial charge in [0.05, 0.1) is 23.5 Å². The molecule has 0 aliphatic carbocycles. The predicted octanol–water partition coefficient (Wildman–Crippen LogP) is 2.69. The molecule has 2 rings (SSSR count). The van der Waals surface area contributed by atoms with Crippen LogP contribution in [0.4, 0.5) is 0 Å². The van der Waals surface area contributed by atoms with E-state index >= 15 is 0 Å². The largest absolute Gasteiger partial charge is 0.312 e. The highest BCUT2D eigenvalue weighted by Gasteiger charge is 2.08. The van der Waals surface area contributed by atoms with Crippen molar-refractivity contribution < 1.29 is 0 Å². The molecule has 2 aromatic rings. The molecule has 0 aliphatic heterocycles. The number of benzene rings is 1. The second kappa shape index (κ2) is 6.17. The molecule has 19 heavy (non-hydrogen) atoms. The third-order valence-corrected chi connectivity index (χ3v) is 2.87. The van der Waals surface area contributed by atoms with Gasteiger partial charge in [-0.15, -0.1) is 0 Å². The summed E-state index contributed by atoms with van der Waals surface area (Å²) in [4.78, 5) is 0. The Morgan fingerprint density at radius 3 is 3.00 bits per heavy atom. The second-order valence-electron chi connectivity index (χ2n) is 4.99. The van der Waals surface area contributed by atoms with E-state index < -0.39 is 0 Å². The van der Waals surface area contributed by atoms with Crippen LogP contribution in [0.15, 0.2) is 30.5 Å². The molecule has 0 aliphatic rings. The van der Waals surface area contributed by atoms with Crippen LogP contribution >= 0.6 is 0 Å². The Hall–Kier alpha value is -2.12. The fraction of sp³-hybridized carbons (Fsp3) is 0.333. The van der Waals surface area contributed by atoms with Crippen molar-refractivity contribution in [2.24, 2.45) is 5.92 Å². The molecule has 2 N–H and O–H groups in total. The van der Waals surface area contributed by atoms with Gasteiger partial charge in [0.2, 0.25) is 0 Å². The molecule has 98 valence electrons. The van der Waals surface area contributed by atoms with Gasteiger partial charge in [-0.3, -0.25) is 5.10 Å². The normalized spacial score (nSPS) is 10.6. The van der Waals surface area contributed by atoms with Crippen LogP contribution in [0, 0.1) is 17.2 Å².